The number of hydrogen-bond donors (Lipinski definition) is 2. The normalized spacial score (nSPS) is 28.2. The summed E-state index contributed by atoms with van der Waals surface area (Å²) in [5.74, 6) is 1.37. The number of ether oxygens (including phenoxy) is 2. The summed E-state index contributed by atoms with van der Waals surface area (Å²) < 4.78 is 12.5. The molecule has 0 amide bonds. The van der Waals surface area contributed by atoms with Crippen molar-refractivity contribution in [1.82, 2.24) is 4.90 Å². The van der Waals surface area contributed by atoms with Crippen molar-refractivity contribution in [1.29, 1.82) is 0 Å². The van der Waals surface area contributed by atoms with E-state index in [9.17, 15) is 5.11 Å². The number of phenolic OH excluding ortho intramolecular Hbond substituents is 1. The molecule has 2 aliphatic heterocycles. The predicted octanol–water partition coefficient (Wildman–Crippen LogP) is 2.84. The maximum Gasteiger partial charge on any atom is 0.126 e. The molecule has 0 unspecified atom stereocenters. The highest BCUT2D eigenvalue weighted by Crippen LogP contribution is 2.51. The lowest BCUT2D eigenvalue weighted by molar-refractivity contribution is -0.144. The Morgan fingerprint density at radius 2 is 2.04 bits per heavy atom. The van der Waals surface area contributed by atoms with Gasteiger partial charge in [-0.15, -0.1) is 0 Å². The summed E-state index contributed by atoms with van der Waals surface area (Å²) in [7, 11) is 1.92. The van der Waals surface area contributed by atoms with Crippen LogP contribution in [-0.2, 0) is 11.3 Å². The van der Waals surface area contributed by atoms with Crippen LogP contribution in [0.1, 0.15) is 50.8 Å². The van der Waals surface area contributed by atoms with Gasteiger partial charge in [-0.05, 0) is 52.8 Å². The maximum absolute atomic E-state index is 10.5. The highest BCUT2D eigenvalue weighted by molar-refractivity contribution is 5.49. The average Bonchev–Trinajstić information content (AvgIpc) is 2.49. The fraction of sp³-hybridized carbons (Fsp3) is 0.684. The van der Waals surface area contributed by atoms with Crippen LogP contribution in [0, 0.1) is 5.92 Å². The third-order valence-electron chi connectivity index (χ3n) is 5.33. The van der Waals surface area contributed by atoms with Crippen LogP contribution in [0.3, 0.4) is 0 Å². The van der Waals surface area contributed by atoms with Crippen LogP contribution >= 0.6 is 0 Å². The molecule has 0 radical (unpaired) electrons. The molecule has 3 rings (SSSR count). The second kappa shape index (κ2) is 6.54. The van der Waals surface area contributed by atoms with Crippen LogP contribution in [0.25, 0.3) is 0 Å². The molecule has 1 saturated heterocycles. The van der Waals surface area contributed by atoms with Crippen molar-refractivity contribution in [3.05, 3.63) is 23.3 Å². The van der Waals surface area contributed by atoms with E-state index in [1.165, 1.54) is 0 Å². The third kappa shape index (κ3) is 3.25. The minimum atomic E-state index is -0.289. The van der Waals surface area contributed by atoms with E-state index in [1.807, 2.05) is 24.1 Å². The molecular weight excluding hydrogens is 306 g/mol. The number of aliphatic hydroxyl groups is 1. The van der Waals surface area contributed by atoms with Gasteiger partial charge in [0.05, 0.1) is 18.8 Å². The first-order valence-electron chi connectivity index (χ1n) is 8.81. The quantitative estimate of drug-likeness (QED) is 0.886. The molecule has 0 spiro atoms. The Balaban J connectivity index is 1.94. The fourth-order valence-electron chi connectivity index (χ4n) is 3.94. The molecule has 0 bridgehead atoms. The summed E-state index contributed by atoms with van der Waals surface area (Å²) in [5.41, 5.74) is 1.48. The van der Waals surface area contributed by atoms with Crippen molar-refractivity contribution in [2.75, 3.05) is 20.2 Å². The van der Waals surface area contributed by atoms with E-state index in [1.54, 1.807) is 0 Å². The standard InChI is InChI=1S/C19H29NO4/c1-12-5-6-15-18(23-12)14-10-16(22)13(11-20(4)7-8-21)9-17(14)24-19(15,2)3/h9-10,12,15,18,21-22H,5-8,11H2,1-4H3/t12-,15-,18+/m1/s1. The zero-order valence-electron chi connectivity index (χ0n) is 15.1. The van der Waals surface area contributed by atoms with Gasteiger partial charge in [0.25, 0.3) is 0 Å². The van der Waals surface area contributed by atoms with Gasteiger partial charge in [-0.3, -0.25) is 4.90 Å². The van der Waals surface area contributed by atoms with Crippen LogP contribution in [0.2, 0.25) is 0 Å². The lowest BCUT2D eigenvalue weighted by Crippen LogP contribution is -2.48. The smallest absolute Gasteiger partial charge is 0.126 e. The second-order valence-electron chi connectivity index (χ2n) is 7.74. The Hall–Kier alpha value is -1.30. The van der Waals surface area contributed by atoms with Crippen molar-refractivity contribution >= 4 is 0 Å². The predicted molar refractivity (Wildman–Crippen MR) is 92.2 cm³/mol. The van der Waals surface area contributed by atoms with E-state index in [0.717, 1.165) is 29.7 Å². The van der Waals surface area contributed by atoms with E-state index in [2.05, 4.69) is 20.8 Å². The summed E-state index contributed by atoms with van der Waals surface area (Å²) in [6.07, 6.45) is 2.31. The van der Waals surface area contributed by atoms with Gasteiger partial charge in [-0.25, -0.2) is 0 Å². The van der Waals surface area contributed by atoms with Crippen LogP contribution in [0.4, 0.5) is 0 Å². The lowest BCUT2D eigenvalue weighted by atomic mass is 9.75. The monoisotopic (exact) mass is 335 g/mol. The summed E-state index contributed by atoms with van der Waals surface area (Å²) >= 11 is 0. The third-order valence-corrected chi connectivity index (χ3v) is 5.33. The minimum Gasteiger partial charge on any atom is -0.508 e. The molecule has 2 heterocycles. The summed E-state index contributed by atoms with van der Waals surface area (Å²) in [6.45, 7) is 7.58. The summed E-state index contributed by atoms with van der Waals surface area (Å²) in [5, 5.41) is 19.5. The van der Waals surface area contributed by atoms with Gasteiger partial charge >= 0.3 is 0 Å². The molecular formula is C19H29NO4. The van der Waals surface area contributed by atoms with Crippen LogP contribution in [-0.4, -0.2) is 47.0 Å². The summed E-state index contributed by atoms with van der Waals surface area (Å²) in [6, 6.07) is 3.74. The average molecular weight is 335 g/mol. The molecule has 5 nitrogen and oxygen atoms in total. The number of fused-ring (bicyclic) bond motifs is 3. The van der Waals surface area contributed by atoms with Crippen molar-refractivity contribution in [2.24, 2.45) is 5.92 Å². The number of likely N-dealkylation sites (N-methyl/N-ethyl adjacent to an activating group) is 1. The lowest BCUT2D eigenvalue weighted by Gasteiger charge is -2.48. The number of rotatable bonds is 4. The van der Waals surface area contributed by atoms with Crippen molar-refractivity contribution in [2.45, 2.75) is 58.0 Å². The maximum atomic E-state index is 10.5. The second-order valence-corrected chi connectivity index (χ2v) is 7.74. The first kappa shape index (κ1) is 17.5. The molecule has 0 aliphatic carbocycles. The molecule has 1 fully saturated rings. The largest absolute Gasteiger partial charge is 0.508 e. The van der Waals surface area contributed by atoms with Crippen LogP contribution in [0.15, 0.2) is 12.1 Å². The molecule has 1 aromatic carbocycles. The zero-order chi connectivity index (χ0) is 17.5. The number of nitrogens with zero attached hydrogens (tertiary/aromatic N) is 1. The minimum absolute atomic E-state index is 0.0254. The van der Waals surface area contributed by atoms with Gasteiger partial charge in [0.15, 0.2) is 0 Å². The summed E-state index contributed by atoms with van der Waals surface area (Å²) in [4.78, 5) is 1.97. The molecule has 5 heteroatoms. The topological polar surface area (TPSA) is 62.2 Å². The van der Waals surface area contributed by atoms with E-state index < -0.39 is 0 Å². The Morgan fingerprint density at radius 1 is 1.29 bits per heavy atom. The van der Waals surface area contributed by atoms with Gasteiger partial charge in [-0.2, -0.15) is 0 Å². The first-order valence-corrected chi connectivity index (χ1v) is 8.81. The van der Waals surface area contributed by atoms with Crippen LogP contribution < -0.4 is 4.74 Å². The van der Waals surface area contributed by atoms with Gasteiger partial charge in [0, 0.05) is 30.1 Å². The number of phenols is 1. The van der Waals surface area contributed by atoms with Crippen molar-refractivity contribution < 1.29 is 19.7 Å². The van der Waals surface area contributed by atoms with E-state index in [-0.39, 0.29) is 30.2 Å². The highest BCUT2D eigenvalue weighted by Gasteiger charge is 2.47. The number of benzene rings is 1. The highest BCUT2D eigenvalue weighted by atomic mass is 16.5. The first-order chi connectivity index (χ1) is 11.3. The fourth-order valence-corrected chi connectivity index (χ4v) is 3.94. The van der Waals surface area contributed by atoms with Crippen molar-refractivity contribution in [3.63, 3.8) is 0 Å². The molecule has 3 atom stereocenters. The van der Waals surface area contributed by atoms with E-state index in [0.29, 0.717) is 19.0 Å². The van der Waals surface area contributed by atoms with Gasteiger partial charge < -0.3 is 19.7 Å². The Labute approximate surface area is 144 Å². The number of hydrogen-bond acceptors (Lipinski definition) is 5. The van der Waals surface area contributed by atoms with Gasteiger partial charge in [0.2, 0.25) is 0 Å². The molecule has 134 valence electrons. The molecule has 2 N–H and O–H groups in total. The van der Waals surface area contributed by atoms with E-state index in [4.69, 9.17) is 14.6 Å². The van der Waals surface area contributed by atoms with Crippen molar-refractivity contribution in [3.8, 4) is 11.5 Å². The number of aromatic hydroxyl groups is 1. The van der Waals surface area contributed by atoms with E-state index >= 15 is 0 Å². The van der Waals surface area contributed by atoms with Gasteiger partial charge in [0.1, 0.15) is 17.1 Å². The zero-order valence-corrected chi connectivity index (χ0v) is 15.1. The van der Waals surface area contributed by atoms with Crippen LogP contribution in [0.5, 0.6) is 11.5 Å². The Morgan fingerprint density at radius 3 is 2.75 bits per heavy atom. The molecule has 0 saturated carbocycles. The van der Waals surface area contributed by atoms with Gasteiger partial charge in [-0.1, -0.05) is 0 Å². The molecule has 24 heavy (non-hydrogen) atoms. The Bertz CT molecular complexity index is 601. The molecule has 0 aromatic heterocycles. The number of aliphatic hydroxyl groups excluding tert-OH is 1. The Kier molecular flexibility index (Phi) is 4.78. The molecule has 1 aromatic rings. The molecule has 2 aliphatic rings. The SMILES string of the molecule is C[C@@H]1CC[C@@H]2[C@@H](O1)c1cc(O)c(CN(C)CCO)cc1OC2(C)C.